The van der Waals surface area contributed by atoms with Crippen molar-refractivity contribution in [3.8, 4) is 0 Å². The molecule has 0 rings (SSSR count). The van der Waals surface area contributed by atoms with Gasteiger partial charge >= 0.3 is 17.9 Å². The summed E-state index contributed by atoms with van der Waals surface area (Å²) in [5.41, 5.74) is 0. The number of allylic oxidation sites excluding steroid dienone is 18. The largest absolute Gasteiger partial charge is 0.462 e. The van der Waals surface area contributed by atoms with E-state index in [9.17, 15) is 14.4 Å². The van der Waals surface area contributed by atoms with Gasteiger partial charge in [0.1, 0.15) is 13.2 Å². The Morgan fingerprint density at radius 1 is 0.273 bits per heavy atom. The lowest BCUT2D eigenvalue weighted by Crippen LogP contribution is -2.30. The van der Waals surface area contributed by atoms with Crippen LogP contribution in [0.4, 0.5) is 0 Å². The number of carbonyl (C=O) groups is 3. The monoisotopic (exact) mass is 1070 g/mol. The summed E-state index contributed by atoms with van der Waals surface area (Å²) in [6.45, 7) is 6.43. The van der Waals surface area contributed by atoms with Crippen molar-refractivity contribution in [2.45, 2.75) is 309 Å². The molecule has 0 aromatic rings. The van der Waals surface area contributed by atoms with Gasteiger partial charge in [-0.2, -0.15) is 0 Å². The average Bonchev–Trinajstić information content (AvgIpc) is 3.43. The molecule has 77 heavy (non-hydrogen) atoms. The predicted octanol–water partition coefficient (Wildman–Crippen LogP) is 22.2. The first-order chi connectivity index (χ1) is 38.0. The van der Waals surface area contributed by atoms with Crippen molar-refractivity contribution < 1.29 is 28.6 Å². The quantitative estimate of drug-likeness (QED) is 0.0261. The second-order valence-electron chi connectivity index (χ2n) is 21.3. The van der Waals surface area contributed by atoms with Crippen LogP contribution in [-0.2, 0) is 28.6 Å². The summed E-state index contributed by atoms with van der Waals surface area (Å²) in [4.78, 5) is 37.9. The van der Waals surface area contributed by atoms with E-state index in [0.29, 0.717) is 19.3 Å². The number of esters is 3. The Bertz CT molecular complexity index is 1560. The van der Waals surface area contributed by atoms with Crippen LogP contribution >= 0.6 is 0 Å². The molecule has 0 saturated heterocycles. The lowest BCUT2D eigenvalue weighted by atomic mass is 10.0. The van der Waals surface area contributed by atoms with E-state index in [1.54, 1.807) is 0 Å². The fraction of sp³-hybridized carbons (Fsp3) is 0.704. The van der Waals surface area contributed by atoms with Crippen LogP contribution in [0.3, 0.4) is 0 Å². The second kappa shape index (κ2) is 64.6. The maximum atomic E-state index is 12.8. The third-order valence-electron chi connectivity index (χ3n) is 13.8. The minimum atomic E-state index is -0.777. The van der Waals surface area contributed by atoms with Gasteiger partial charge in [0.2, 0.25) is 0 Å². The minimum absolute atomic E-state index is 0.0785. The topological polar surface area (TPSA) is 78.9 Å². The van der Waals surface area contributed by atoms with Gasteiger partial charge in [0, 0.05) is 19.3 Å². The van der Waals surface area contributed by atoms with Crippen LogP contribution < -0.4 is 0 Å². The zero-order valence-corrected chi connectivity index (χ0v) is 50.4. The molecule has 0 aliphatic carbocycles. The SMILES string of the molecule is CC/C=C\C/C=C\C/C=C\C/C=C\C/C=C\C/C=C\C/C=C\CCCCCCCCCCCCCCCC(=O)OCC(COC(=O)CCCCCCC)OC(=O)CCCCCCCCCCC/C=C\C/C=C\CCCCC. The molecule has 0 saturated carbocycles. The normalized spacial score (nSPS) is 12.8. The molecule has 1 unspecified atom stereocenters. The fourth-order valence-electron chi connectivity index (χ4n) is 8.92. The Morgan fingerprint density at radius 3 is 0.818 bits per heavy atom. The Morgan fingerprint density at radius 2 is 0.506 bits per heavy atom. The van der Waals surface area contributed by atoms with E-state index >= 15 is 0 Å². The minimum Gasteiger partial charge on any atom is -0.462 e. The average molecular weight is 1070 g/mol. The number of ether oxygens (including phenoxy) is 3. The zero-order valence-electron chi connectivity index (χ0n) is 50.4. The van der Waals surface area contributed by atoms with Crippen molar-refractivity contribution in [1.82, 2.24) is 0 Å². The van der Waals surface area contributed by atoms with Gasteiger partial charge < -0.3 is 14.2 Å². The molecule has 0 fully saturated rings. The summed E-state index contributed by atoms with van der Waals surface area (Å²) in [6.07, 6.45) is 88.6. The number of hydrogen-bond donors (Lipinski definition) is 0. The molecule has 0 bridgehead atoms. The van der Waals surface area contributed by atoms with E-state index in [2.05, 4.69) is 130 Å². The highest BCUT2D eigenvalue weighted by molar-refractivity contribution is 5.71. The predicted molar refractivity (Wildman–Crippen MR) is 334 cm³/mol. The summed E-state index contributed by atoms with van der Waals surface area (Å²) >= 11 is 0. The maximum Gasteiger partial charge on any atom is 0.306 e. The van der Waals surface area contributed by atoms with Crippen molar-refractivity contribution in [1.29, 1.82) is 0 Å². The molecule has 440 valence electrons. The van der Waals surface area contributed by atoms with Gasteiger partial charge in [0.05, 0.1) is 0 Å². The molecule has 6 heteroatoms. The van der Waals surface area contributed by atoms with E-state index < -0.39 is 6.10 Å². The van der Waals surface area contributed by atoms with Crippen molar-refractivity contribution in [2.75, 3.05) is 13.2 Å². The number of rotatable bonds is 58. The molecule has 0 spiro atoms. The molecule has 0 amide bonds. The molecule has 0 N–H and O–H groups in total. The van der Waals surface area contributed by atoms with Crippen LogP contribution in [0.5, 0.6) is 0 Å². The van der Waals surface area contributed by atoms with Crippen molar-refractivity contribution in [3.05, 3.63) is 109 Å². The van der Waals surface area contributed by atoms with Crippen molar-refractivity contribution in [3.63, 3.8) is 0 Å². The maximum absolute atomic E-state index is 12.8. The smallest absolute Gasteiger partial charge is 0.306 e. The molecule has 0 aliphatic heterocycles. The zero-order chi connectivity index (χ0) is 55.7. The summed E-state index contributed by atoms with van der Waals surface area (Å²) < 4.78 is 16.8. The highest BCUT2D eigenvalue weighted by Gasteiger charge is 2.19. The Balaban J connectivity index is 4.00. The highest BCUT2D eigenvalue weighted by atomic mass is 16.6. The summed E-state index contributed by atoms with van der Waals surface area (Å²) in [5.74, 6) is -0.891. The summed E-state index contributed by atoms with van der Waals surface area (Å²) in [5, 5.41) is 0. The third-order valence-corrected chi connectivity index (χ3v) is 13.8. The van der Waals surface area contributed by atoms with Gasteiger partial charge in [-0.05, 0) is 109 Å². The van der Waals surface area contributed by atoms with Crippen LogP contribution in [0, 0.1) is 0 Å². The number of unbranched alkanes of at least 4 members (excludes halogenated alkanes) is 29. The lowest BCUT2D eigenvalue weighted by molar-refractivity contribution is -0.167. The standard InChI is InChI=1S/C71H120O6/c1-4-7-10-13-15-17-19-21-23-25-27-28-29-30-31-32-33-34-35-36-37-38-39-40-41-42-44-45-47-49-51-53-55-58-61-64-70(73)76-67-68(66-75-69(72)63-60-57-12-9-6-3)77-71(74)65-62-59-56-54-52-50-48-46-43-26-24-22-20-18-16-14-11-8-5-2/h7,10,15-18,21-24,27-28,30-31,33-34,36-37,68H,4-6,8-9,11-14,19-20,25-26,29,32,35,38-67H2,1-3H3/b10-7-,17-15-,18-16-,23-21-,24-22-,28-27-,31-30-,34-33-,37-36-. The van der Waals surface area contributed by atoms with Crippen molar-refractivity contribution >= 4 is 17.9 Å². The van der Waals surface area contributed by atoms with Crippen LogP contribution in [-0.4, -0.2) is 37.2 Å². The molecule has 0 aromatic carbocycles. The van der Waals surface area contributed by atoms with Crippen LogP contribution in [0.15, 0.2) is 109 Å². The van der Waals surface area contributed by atoms with E-state index in [4.69, 9.17) is 14.2 Å². The number of hydrogen-bond acceptors (Lipinski definition) is 6. The van der Waals surface area contributed by atoms with Gasteiger partial charge in [0.15, 0.2) is 6.10 Å². The van der Waals surface area contributed by atoms with E-state index in [1.807, 2.05) is 0 Å². The fourth-order valence-corrected chi connectivity index (χ4v) is 8.92. The number of carbonyl (C=O) groups excluding carboxylic acids is 3. The molecule has 1 atom stereocenters. The lowest BCUT2D eigenvalue weighted by Gasteiger charge is -2.18. The van der Waals surface area contributed by atoms with Gasteiger partial charge in [0.25, 0.3) is 0 Å². The third kappa shape index (κ3) is 62.8. The van der Waals surface area contributed by atoms with E-state index in [-0.39, 0.29) is 31.1 Å². The first-order valence-electron chi connectivity index (χ1n) is 32.4. The van der Waals surface area contributed by atoms with E-state index in [1.165, 1.54) is 148 Å². The van der Waals surface area contributed by atoms with Gasteiger partial charge in [-0.25, -0.2) is 0 Å². The van der Waals surface area contributed by atoms with Gasteiger partial charge in [-0.3, -0.25) is 14.4 Å². The second-order valence-corrected chi connectivity index (χ2v) is 21.3. The first kappa shape index (κ1) is 73.1. The molecule has 6 nitrogen and oxygen atoms in total. The molecule has 0 aromatic heterocycles. The Hall–Kier alpha value is -3.93. The highest BCUT2D eigenvalue weighted by Crippen LogP contribution is 2.16. The summed E-state index contributed by atoms with van der Waals surface area (Å²) in [6, 6.07) is 0. The molecular weight excluding hydrogens is 949 g/mol. The Kier molecular flexibility index (Phi) is 61.3. The molecular formula is C71H120O6. The Labute approximate surface area is 476 Å². The van der Waals surface area contributed by atoms with Crippen molar-refractivity contribution in [2.24, 2.45) is 0 Å². The van der Waals surface area contributed by atoms with Gasteiger partial charge in [-0.1, -0.05) is 284 Å². The van der Waals surface area contributed by atoms with Gasteiger partial charge in [-0.15, -0.1) is 0 Å². The van der Waals surface area contributed by atoms with Crippen LogP contribution in [0.1, 0.15) is 303 Å². The summed E-state index contributed by atoms with van der Waals surface area (Å²) in [7, 11) is 0. The van der Waals surface area contributed by atoms with Crippen LogP contribution in [0.2, 0.25) is 0 Å². The molecule has 0 aliphatic rings. The van der Waals surface area contributed by atoms with Crippen LogP contribution in [0.25, 0.3) is 0 Å². The van der Waals surface area contributed by atoms with E-state index in [0.717, 1.165) is 116 Å². The molecule has 0 radical (unpaired) electrons. The molecule has 0 heterocycles. The first-order valence-corrected chi connectivity index (χ1v) is 32.4.